The lowest BCUT2D eigenvalue weighted by molar-refractivity contribution is -0.141. The van der Waals surface area contributed by atoms with Gasteiger partial charge in [-0.2, -0.15) is 13.2 Å². The number of benzene rings is 1. The molecule has 1 amide bonds. The highest BCUT2D eigenvalue weighted by Crippen LogP contribution is 2.29. The average Bonchev–Trinajstić information content (AvgIpc) is 2.88. The number of halogens is 3. The van der Waals surface area contributed by atoms with Crippen LogP contribution >= 0.6 is 0 Å². The molecule has 1 fully saturated rings. The normalized spacial score (nSPS) is 18.5. The molecular formula is C17H15F3N2O. The molecule has 0 unspecified atom stereocenters. The highest BCUT2D eigenvalue weighted by molar-refractivity contribution is 5.95. The monoisotopic (exact) mass is 320 g/mol. The topological polar surface area (TPSA) is 33.2 Å². The minimum atomic E-state index is -4.45. The molecule has 1 saturated heterocycles. The lowest BCUT2D eigenvalue weighted by atomic mass is 10.0. The fourth-order valence-corrected chi connectivity index (χ4v) is 2.82. The largest absolute Gasteiger partial charge is 0.433 e. The third-order valence-electron chi connectivity index (χ3n) is 3.87. The van der Waals surface area contributed by atoms with Crippen LogP contribution in [0.4, 0.5) is 18.9 Å². The molecular weight excluding hydrogens is 305 g/mol. The zero-order chi connectivity index (χ0) is 16.4. The number of pyridine rings is 1. The molecule has 23 heavy (non-hydrogen) atoms. The highest BCUT2D eigenvalue weighted by Gasteiger charge is 2.34. The number of hydrogen-bond donors (Lipinski definition) is 0. The number of rotatable bonds is 3. The summed E-state index contributed by atoms with van der Waals surface area (Å²) in [5, 5.41) is 0. The van der Waals surface area contributed by atoms with E-state index in [4.69, 9.17) is 0 Å². The first-order valence-electron chi connectivity index (χ1n) is 7.32. The van der Waals surface area contributed by atoms with Crippen molar-refractivity contribution >= 4 is 11.6 Å². The Morgan fingerprint density at radius 3 is 2.52 bits per heavy atom. The zero-order valence-corrected chi connectivity index (χ0v) is 12.3. The molecule has 6 heteroatoms. The molecule has 1 aromatic carbocycles. The second-order valence-corrected chi connectivity index (χ2v) is 5.63. The SMILES string of the molecule is O=C1C[C@H](Cc2cccc(C(F)(F)F)n2)CN1c1ccccc1. The lowest BCUT2D eigenvalue weighted by Gasteiger charge is -2.16. The van der Waals surface area contributed by atoms with Crippen LogP contribution in [0.3, 0.4) is 0 Å². The van der Waals surface area contributed by atoms with Crippen molar-refractivity contribution in [2.24, 2.45) is 5.92 Å². The second-order valence-electron chi connectivity index (χ2n) is 5.63. The molecule has 0 saturated carbocycles. The molecule has 2 aromatic rings. The predicted molar refractivity (Wildman–Crippen MR) is 79.8 cm³/mol. The van der Waals surface area contributed by atoms with Crippen LogP contribution in [0.1, 0.15) is 17.8 Å². The van der Waals surface area contributed by atoms with E-state index in [2.05, 4.69) is 4.98 Å². The number of aromatic nitrogens is 1. The van der Waals surface area contributed by atoms with Crippen LogP contribution in [0.2, 0.25) is 0 Å². The first-order chi connectivity index (χ1) is 10.9. The Balaban J connectivity index is 1.72. The van der Waals surface area contributed by atoms with Crippen molar-refractivity contribution in [2.45, 2.75) is 19.0 Å². The summed E-state index contributed by atoms with van der Waals surface area (Å²) in [5.41, 5.74) is 0.295. The van der Waals surface area contributed by atoms with Crippen LogP contribution in [0.5, 0.6) is 0 Å². The van der Waals surface area contributed by atoms with Gasteiger partial charge in [0.15, 0.2) is 0 Å². The summed E-state index contributed by atoms with van der Waals surface area (Å²) < 4.78 is 38.1. The van der Waals surface area contributed by atoms with Crippen LogP contribution in [0.25, 0.3) is 0 Å². The molecule has 3 nitrogen and oxygen atoms in total. The number of para-hydroxylation sites is 1. The summed E-state index contributed by atoms with van der Waals surface area (Å²) in [7, 11) is 0. The molecule has 1 atom stereocenters. The van der Waals surface area contributed by atoms with Crippen molar-refractivity contribution in [3.63, 3.8) is 0 Å². The van der Waals surface area contributed by atoms with Crippen LogP contribution in [-0.2, 0) is 17.4 Å². The summed E-state index contributed by atoms with van der Waals surface area (Å²) in [5.74, 6) is -0.0353. The van der Waals surface area contributed by atoms with Gasteiger partial charge in [-0.3, -0.25) is 4.79 Å². The first-order valence-corrected chi connectivity index (χ1v) is 7.32. The van der Waals surface area contributed by atoms with Crippen molar-refractivity contribution in [3.05, 3.63) is 59.9 Å². The van der Waals surface area contributed by atoms with Gasteiger partial charge in [-0.1, -0.05) is 24.3 Å². The average molecular weight is 320 g/mol. The van der Waals surface area contributed by atoms with E-state index in [1.165, 1.54) is 6.07 Å². The quantitative estimate of drug-likeness (QED) is 0.864. The fraction of sp³-hybridized carbons (Fsp3) is 0.294. The number of amides is 1. The van der Waals surface area contributed by atoms with Gasteiger partial charge in [-0.05, 0) is 36.6 Å². The Morgan fingerprint density at radius 2 is 1.83 bits per heavy atom. The molecule has 0 aliphatic carbocycles. The van der Waals surface area contributed by atoms with E-state index in [0.29, 0.717) is 25.1 Å². The molecule has 1 aliphatic heterocycles. The third kappa shape index (κ3) is 3.52. The standard InChI is InChI=1S/C17H15F3N2O/c18-17(19,20)15-8-4-5-13(21-15)9-12-10-16(23)22(11-12)14-6-2-1-3-7-14/h1-8,12H,9-11H2/t12-/m0/s1. The van der Waals surface area contributed by atoms with Gasteiger partial charge in [0.05, 0.1) is 0 Å². The van der Waals surface area contributed by atoms with Crippen LogP contribution in [0.15, 0.2) is 48.5 Å². The number of anilines is 1. The Labute approximate surface area is 131 Å². The highest BCUT2D eigenvalue weighted by atomic mass is 19.4. The minimum absolute atomic E-state index is 0.00632. The molecule has 0 radical (unpaired) electrons. The van der Waals surface area contributed by atoms with E-state index in [1.54, 1.807) is 11.0 Å². The molecule has 120 valence electrons. The van der Waals surface area contributed by atoms with Crippen molar-refractivity contribution in [1.29, 1.82) is 0 Å². The zero-order valence-electron chi connectivity index (χ0n) is 12.3. The number of nitrogens with zero attached hydrogens (tertiary/aromatic N) is 2. The van der Waals surface area contributed by atoms with Crippen molar-refractivity contribution in [2.75, 3.05) is 11.4 Å². The van der Waals surface area contributed by atoms with Gasteiger partial charge in [0.2, 0.25) is 5.91 Å². The van der Waals surface area contributed by atoms with E-state index < -0.39 is 11.9 Å². The summed E-state index contributed by atoms with van der Waals surface area (Å²) in [4.78, 5) is 17.5. The van der Waals surface area contributed by atoms with Gasteiger partial charge in [0.1, 0.15) is 5.69 Å². The Hall–Kier alpha value is -2.37. The lowest BCUT2D eigenvalue weighted by Crippen LogP contribution is -2.24. The van der Waals surface area contributed by atoms with Crippen molar-refractivity contribution in [1.82, 2.24) is 4.98 Å². The number of carbonyl (C=O) groups excluding carboxylic acids is 1. The molecule has 1 aliphatic rings. The van der Waals surface area contributed by atoms with Gasteiger partial charge in [0, 0.05) is 24.3 Å². The maximum absolute atomic E-state index is 12.7. The summed E-state index contributed by atoms with van der Waals surface area (Å²) in [6.45, 7) is 0.501. The maximum Gasteiger partial charge on any atom is 0.433 e. The smallest absolute Gasteiger partial charge is 0.312 e. The number of hydrogen-bond acceptors (Lipinski definition) is 2. The van der Waals surface area contributed by atoms with Crippen LogP contribution in [0, 0.1) is 5.92 Å². The van der Waals surface area contributed by atoms with Gasteiger partial charge < -0.3 is 4.90 Å². The second kappa shape index (κ2) is 6.02. The van der Waals surface area contributed by atoms with Gasteiger partial charge in [0.25, 0.3) is 0 Å². The number of carbonyl (C=O) groups is 1. The van der Waals surface area contributed by atoms with Gasteiger partial charge in [-0.25, -0.2) is 4.98 Å². The van der Waals surface area contributed by atoms with E-state index in [0.717, 1.165) is 11.8 Å². The van der Waals surface area contributed by atoms with Crippen molar-refractivity contribution < 1.29 is 18.0 Å². The van der Waals surface area contributed by atoms with E-state index in [-0.39, 0.29) is 11.8 Å². The van der Waals surface area contributed by atoms with E-state index in [9.17, 15) is 18.0 Å². The van der Waals surface area contributed by atoms with Gasteiger partial charge in [-0.15, -0.1) is 0 Å². The molecule has 0 spiro atoms. The third-order valence-corrected chi connectivity index (χ3v) is 3.87. The summed E-state index contributed by atoms with van der Waals surface area (Å²) >= 11 is 0. The molecule has 0 bridgehead atoms. The Morgan fingerprint density at radius 1 is 1.09 bits per heavy atom. The van der Waals surface area contributed by atoms with E-state index in [1.807, 2.05) is 30.3 Å². The Kier molecular flexibility index (Phi) is 4.07. The summed E-state index contributed by atoms with van der Waals surface area (Å²) in [6.07, 6.45) is -3.76. The number of alkyl halides is 3. The van der Waals surface area contributed by atoms with Gasteiger partial charge >= 0.3 is 6.18 Å². The molecule has 3 rings (SSSR count). The van der Waals surface area contributed by atoms with Crippen molar-refractivity contribution in [3.8, 4) is 0 Å². The fourth-order valence-electron chi connectivity index (χ4n) is 2.82. The first kappa shape index (κ1) is 15.5. The van der Waals surface area contributed by atoms with Crippen LogP contribution in [-0.4, -0.2) is 17.4 Å². The molecule has 1 aromatic heterocycles. The Bertz CT molecular complexity index is 700. The maximum atomic E-state index is 12.7. The van der Waals surface area contributed by atoms with Crippen LogP contribution < -0.4 is 4.90 Å². The molecule has 0 N–H and O–H groups in total. The summed E-state index contributed by atoms with van der Waals surface area (Å²) in [6, 6.07) is 13.2. The molecule has 2 heterocycles. The minimum Gasteiger partial charge on any atom is -0.312 e. The predicted octanol–water partition coefficient (Wildman–Crippen LogP) is 3.70. The van der Waals surface area contributed by atoms with E-state index >= 15 is 0 Å².